The summed E-state index contributed by atoms with van der Waals surface area (Å²) in [5.74, 6) is 1.98. The monoisotopic (exact) mass is 317 g/mol. The molecule has 0 aliphatic heterocycles. The summed E-state index contributed by atoms with van der Waals surface area (Å²) in [7, 11) is 0. The summed E-state index contributed by atoms with van der Waals surface area (Å²) in [4.78, 5) is 11.2. The number of halogens is 1. The van der Waals surface area contributed by atoms with Gasteiger partial charge in [-0.15, -0.1) is 11.8 Å². The second kappa shape index (κ2) is 8.06. The largest absolute Gasteiger partial charge is 0.303 e. The lowest BCUT2D eigenvalue weighted by molar-refractivity contribution is 0.324. The first-order valence-corrected chi connectivity index (χ1v) is 7.86. The third kappa shape index (κ3) is 5.36. The minimum Gasteiger partial charge on any atom is -0.303 e. The molecule has 0 bridgehead atoms. The van der Waals surface area contributed by atoms with Gasteiger partial charge in [-0.2, -0.15) is 0 Å². The van der Waals surface area contributed by atoms with E-state index in [1.165, 1.54) is 0 Å². The average molecular weight is 318 g/mol. The molecule has 0 N–H and O–H groups in total. The lowest BCUT2D eigenvalue weighted by atomic mass is 10.4. The Kier molecular flexibility index (Phi) is 7.08. The van der Waals surface area contributed by atoms with Gasteiger partial charge in [0.1, 0.15) is 15.5 Å². The minimum absolute atomic E-state index is 0.878. The second-order valence-corrected chi connectivity index (χ2v) is 5.60. The molecule has 96 valence electrons. The van der Waals surface area contributed by atoms with Crippen LogP contribution in [0.25, 0.3) is 0 Å². The minimum atomic E-state index is 0.878. The lowest BCUT2D eigenvalue weighted by Gasteiger charge is -2.17. The molecule has 0 fully saturated rings. The van der Waals surface area contributed by atoms with Gasteiger partial charge < -0.3 is 4.90 Å². The average Bonchev–Trinajstić information content (AvgIpc) is 2.34. The Hall–Kier alpha value is -0.130. The summed E-state index contributed by atoms with van der Waals surface area (Å²) in [6.07, 6.45) is 0.878. The summed E-state index contributed by atoms with van der Waals surface area (Å²) in [5.41, 5.74) is 0. The molecule has 0 aliphatic carbocycles. The molecule has 0 amide bonds. The standard InChI is InChI=1S/C12H20BrN3S/c1-4-11-14-10(13)9-12(15-11)17-8-7-16(5-2)6-3/h9H,4-8H2,1-3H3. The van der Waals surface area contributed by atoms with Gasteiger partial charge in [0, 0.05) is 24.8 Å². The van der Waals surface area contributed by atoms with Gasteiger partial charge in [0.15, 0.2) is 0 Å². The normalized spacial score (nSPS) is 11.1. The molecule has 0 saturated carbocycles. The SMILES string of the molecule is CCc1nc(Br)cc(SCCN(CC)CC)n1. The Morgan fingerprint density at radius 3 is 2.53 bits per heavy atom. The van der Waals surface area contributed by atoms with Gasteiger partial charge in [-0.05, 0) is 29.0 Å². The van der Waals surface area contributed by atoms with E-state index in [0.29, 0.717) is 0 Å². The first kappa shape index (κ1) is 14.9. The van der Waals surface area contributed by atoms with E-state index in [9.17, 15) is 0 Å². The number of aryl methyl sites for hydroxylation is 1. The van der Waals surface area contributed by atoms with Gasteiger partial charge in [-0.25, -0.2) is 9.97 Å². The number of thioether (sulfide) groups is 1. The van der Waals surface area contributed by atoms with E-state index in [0.717, 1.165) is 47.3 Å². The van der Waals surface area contributed by atoms with Gasteiger partial charge in [0.25, 0.3) is 0 Å². The second-order valence-electron chi connectivity index (χ2n) is 3.67. The zero-order valence-electron chi connectivity index (χ0n) is 10.7. The number of rotatable bonds is 7. The molecule has 0 radical (unpaired) electrons. The first-order valence-electron chi connectivity index (χ1n) is 6.08. The molecule has 1 aromatic rings. The molecule has 0 saturated heterocycles. The van der Waals surface area contributed by atoms with E-state index in [2.05, 4.69) is 51.6 Å². The third-order valence-corrected chi connectivity index (χ3v) is 3.88. The van der Waals surface area contributed by atoms with Gasteiger partial charge in [-0.1, -0.05) is 20.8 Å². The maximum absolute atomic E-state index is 4.50. The first-order chi connectivity index (χ1) is 8.19. The van der Waals surface area contributed by atoms with Gasteiger partial charge in [0.05, 0.1) is 0 Å². The van der Waals surface area contributed by atoms with Gasteiger partial charge in [-0.3, -0.25) is 0 Å². The van der Waals surface area contributed by atoms with Crippen molar-refractivity contribution >= 4 is 27.7 Å². The molecule has 0 aliphatic rings. The Labute approximate surface area is 117 Å². The van der Waals surface area contributed by atoms with Gasteiger partial charge >= 0.3 is 0 Å². The topological polar surface area (TPSA) is 29.0 Å². The Morgan fingerprint density at radius 2 is 1.94 bits per heavy atom. The van der Waals surface area contributed by atoms with Crippen molar-refractivity contribution in [1.82, 2.24) is 14.9 Å². The fourth-order valence-corrected chi connectivity index (χ4v) is 2.99. The maximum Gasteiger partial charge on any atom is 0.130 e. The van der Waals surface area contributed by atoms with Crippen molar-refractivity contribution in [3.05, 3.63) is 16.5 Å². The predicted octanol–water partition coefficient (Wildman–Crippen LogP) is 3.24. The summed E-state index contributed by atoms with van der Waals surface area (Å²) in [6.45, 7) is 9.82. The number of hydrogen-bond acceptors (Lipinski definition) is 4. The number of nitrogens with zero attached hydrogens (tertiary/aromatic N) is 3. The van der Waals surface area contributed by atoms with Crippen LogP contribution in [0.5, 0.6) is 0 Å². The van der Waals surface area contributed by atoms with Crippen LogP contribution in [0, 0.1) is 0 Å². The molecule has 1 heterocycles. The smallest absolute Gasteiger partial charge is 0.130 e. The van der Waals surface area contributed by atoms with Crippen molar-refractivity contribution < 1.29 is 0 Å². The van der Waals surface area contributed by atoms with Gasteiger partial charge in [0.2, 0.25) is 0 Å². The van der Waals surface area contributed by atoms with Crippen LogP contribution in [0.1, 0.15) is 26.6 Å². The Bertz CT molecular complexity index is 343. The van der Waals surface area contributed by atoms with Crippen molar-refractivity contribution in [2.75, 3.05) is 25.4 Å². The fraction of sp³-hybridized carbons (Fsp3) is 0.667. The van der Waals surface area contributed by atoms with Crippen molar-refractivity contribution in [3.63, 3.8) is 0 Å². The van der Waals surface area contributed by atoms with Crippen LogP contribution >= 0.6 is 27.7 Å². The van der Waals surface area contributed by atoms with E-state index in [1.807, 2.05) is 6.07 Å². The summed E-state index contributed by atoms with van der Waals surface area (Å²) < 4.78 is 0.884. The van der Waals surface area contributed by atoms with Crippen LogP contribution in [0.3, 0.4) is 0 Å². The quantitative estimate of drug-likeness (QED) is 0.570. The zero-order valence-corrected chi connectivity index (χ0v) is 13.1. The Morgan fingerprint density at radius 1 is 1.24 bits per heavy atom. The van der Waals surface area contributed by atoms with Crippen molar-refractivity contribution in [1.29, 1.82) is 0 Å². The van der Waals surface area contributed by atoms with Crippen LogP contribution in [0.2, 0.25) is 0 Å². The molecular formula is C12H20BrN3S. The molecular weight excluding hydrogens is 298 g/mol. The van der Waals surface area contributed by atoms with Crippen LogP contribution in [0.15, 0.2) is 15.7 Å². The number of aromatic nitrogens is 2. The predicted molar refractivity (Wildman–Crippen MR) is 77.6 cm³/mol. The summed E-state index contributed by atoms with van der Waals surface area (Å²) >= 11 is 5.23. The zero-order chi connectivity index (χ0) is 12.7. The molecule has 0 aromatic carbocycles. The highest BCUT2D eigenvalue weighted by Crippen LogP contribution is 2.19. The van der Waals surface area contributed by atoms with E-state index >= 15 is 0 Å². The van der Waals surface area contributed by atoms with Crippen LogP contribution in [-0.2, 0) is 6.42 Å². The molecule has 0 unspecified atom stereocenters. The highest BCUT2D eigenvalue weighted by atomic mass is 79.9. The highest BCUT2D eigenvalue weighted by molar-refractivity contribution is 9.10. The highest BCUT2D eigenvalue weighted by Gasteiger charge is 2.04. The molecule has 1 rings (SSSR count). The van der Waals surface area contributed by atoms with Crippen LogP contribution in [0.4, 0.5) is 0 Å². The van der Waals surface area contributed by atoms with Crippen molar-refractivity contribution in [2.24, 2.45) is 0 Å². The van der Waals surface area contributed by atoms with Crippen molar-refractivity contribution in [2.45, 2.75) is 32.2 Å². The van der Waals surface area contributed by atoms with Crippen LogP contribution in [-0.4, -0.2) is 40.3 Å². The molecule has 3 nitrogen and oxygen atoms in total. The summed E-state index contributed by atoms with van der Waals surface area (Å²) in [5, 5.41) is 1.07. The summed E-state index contributed by atoms with van der Waals surface area (Å²) in [6, 6.07) is 1.99. The van der Waals surface area contributed by atoms with E-state index in [4.69, 9.17) is 0 Å². The Balaban J connectivity index is 2.48. The maximum atomic E-state index is 4.50. The molecule has 17 heavy (non-hydrogen) atoms. The third-order valence-electron chi connectivity index (χ3n) is 2.59. The number of hydrogen-bond donors (Lipinski definition) is 0. The van der Waals surface area contributed by atoms with Crippen molar-refractivity contribution in [3.8, 4) is 0 Å². The molecule has 0 atom stereocenters. The fourth-order valence-electron chi connectivity index (χ4n) is 1.49. The molecule has 5 heteroatoms. The lowest BCUT2D eigenvalue weighted by Crippen LogP contribution is -2.25. The van der Waals surface area contributed by atoms with Crippen LogP contribution < -0.4 is 0 Å². The van der Waals surface area contributed by atoms with E-state index in [-0.39, 0.29) is 0 Å². The van der Waals surface area contributed by atoms with E-state index < -0.39 is 0 Å². The van der Waals surface area contributed by atoms with E-state index in [1.54, 1.807) is 11.8 Å². The molecule has 1 aromatic heterocycles. The molecule has 0 spiro atoms.